The number of hydrogen-bond acceptors (Lipinski definition) is 8. The van der Waals surface area contributed by atoms with E-state index in [1.54, 1.807) is 0 Å². The molecular formula is C10H8N4O4. The van der Waals surface area contributed by atoms with Crippen molar-refractivity contribution in [3.63, 3.8) is 0 Å². The average Bonchev–Trinajstić information content (AvgIpc) is 2.23. The predicted molar refractivity (Wildman–Crippen MR) is 59.7 cm³/mol. The molecule has 0 amide bonds. The minimum Gasteiger partial charge on any atom is -0.493 e. The first-order valence-corrected chi connectivity index (χ1v) is 4.75. The molecular weight excluding hydrogens is 240 g/mol. The third kappa shape index (κ3) is 2.82. The summed E-state index contributed by atoms with van der Waals surface area (Å²) < 4.78 is 0. The highest BCUT2D eigenvalue weighted by Crippen LogP contribution is 2.15. The summed E-state index contributed by atoms with van der Waals surface area (Å²) in [6.45, 7) is 0. The highest BCUT2D eigenvalue weighted by atomic mass is 16.3. The van der Waals surface area contributed by atoms with Crippen LogP contribution in [-0.4, -0.2) is 40.4 Å². The van der Waals surface area contributed by atoms with Crippen LogP contribution in [0.5, 0.6) is 23.8 Å². The van der Waals surface area contributed by atoms with Gasteiger partial charge < -0.3 is 20.4 Å². The summed E-state index contributed by atoms with van der Waals surface area (Å²) in [5, 5.41) is 36.4. The van der Waals surface area contributed by atoms with E-state index >= 15 is 0 Å². The van der Waals surface area contributed by atoms with Gasteiger partial charge >= 0.3 is 12.0 Å². The van der Waals surface area contributed by atoms with E-state index in [0.29, 0.717) is 0 Å². The van der Waals surface area contributed by atoms with Gasteiger partial charge in [-0.3, -0.25) is 0 Å². The number of rotatable bonds is 2. The Morgan fingerprint density at radius 3 is 1.39 bits per heavy atom. The Kier molecular flexibility index (Phi) is 2.92. The SMILES string of the molecule is Oc1cc(/C=C/c2cc(O)nc(O)n2)nc(O)n1. The Balaban J connectivity index is 2.29. The molecule has 0 aliphatic heterocycles. The molecule has 8 heteroatoms. The number of nitrogens with zero attached hydrogens (tertiary/aromatic N) is 4. The Hall–Kier alpha value is -2.90. The molecule has 0 aliphatic rings. The van der Waals surface area contributed by atoms with Gasteiger partial charge in [0, 0.05) is 12.1 Å². The lowest BCUT2D eigenvalue weighted by Gasteiger charge is -1.97. The van der Waals surface area contributed by atoms with E-state index in [1.807, 2.05) is 0 Å². The van der Waals surface area contributed by atoms with Gasteiger partial charge in [0.1, 0.15) is 0 Å². The van der Waals surface area contributed by atoms with E-state index in [9.17, 15) is 0 Å². The van der Waals surface area contributed by atoms with Crippen LogP contribution in [0, 0.1) is 0 Å². The van der Waals surface area contributed by atoms with Crippen LogP contribution in [0.4, 0.5) is 0 Å². The zero-order valence-electron chi connectivity index (χ0n) is 8.89. The van der Waals surface area contributed by atoms with Gasteiger partial charge in [0.25, 0.3) is 0 Å². The Labute approximate surface area is 101 Å². The normalized spacial score (nSPS) is 10.9. The maximum absolute atomic E-state index is 9.13. The molecule has 0 unspecified atom stereocenters. The van der Waals surface area contributed by atoms with Crippen molar-refractivity contribution < 1.29 is 20.4 Å². The largest absolute Gasteiger partial charge is 0.493 e. The molecule has 0 saturated heterocycles. The van der Waals surface area contributed by atoms with Crippen LogP contribution < -0.4 is 0 Å². The highest BCUT2D eigenvalue weighted by Gasteiger charge is 2.01. The van der Waals surface area contributed by atoms with Crippen LogP contribution in [-0.2, 0) is 0 Å². The lowest BCUT2D eigenvalue weighted by Crippen LogP contribution is -1.87. The van der Waals surface area contributed by atoms with E-state index < -0.39 is 12.0 Å². The molecule has 4 N–H and O–H groups in total. The fourth-order valence-electron chi connectivity index (χ4n) is 1.22. The van der Waals surface area contributed by atoms with Crippen LogP contribution in [0.1, 0.15) is 11.4 Å². The summed E-state index contributed by atoms with van der Waals surface area (Å²) in [5.41, 5.74) is 0.468. The van der Waals surface area contributed by atoms with E-state index in [0.717, 1.165) is 0 Å². The molecule has 8 nitrogen and oxygen atoms in total. The van der Waals surface area contributed by atoms with Gasteiger partial charge in [0.2, 0.25) is 11.8 Å². The molecule has 0 aliphatic carbocycles. The number of hydrogen-bond donors (Lipinski definition) is 4. The average molecular weight is 248 g/mol. The van der Waals surface area contributed by atoms with Crippen molar-refractivity contribution >= 4 is 12.2 Å². The van der Waals surface area contributed by atoms with Crippen LogP contribution in [0.2, 0.25) is 0 Å². The summed E-state index contributed by atoms with van der Waals surface area (Å²) in [4.78, 5) is 13.8. The standard InChI is InChI=1S/C10H8N4O4/c15-7-3-5(11-9(17)13-7)1-2-6-4-8(16)14-10(18)12-6/h1-4H,(H2,11,13,15,17)(H2,12,14,16,18)/b2-1+. The lowest BCUT2D eigenvalue weighted by molar-refractivity contribution is 0.395. The highest BCUT2D eigenvalue weighted by molar-refractivity contribution is 5.67. The summed E-state index contributed by atoms with van der Waals surface area (Å²) in [7, 11) is 0. The van der Waals surface area contributed by atoms with Gasteiger partial charge in [0.15, 0.2) is 0 Å². The molecule has 2 aromatic heterocycles. The van der Waals surface area contributed by atoms with Crippen LogP contribution in [0.15, 0.2) is 12.1 Å². The van der Waals surface area contributed by atoms with E-state index in [-0.39, 0.29) is 23.1 Å². The fourth-order valence-corrected chi connectivity index (χ4v) is 1.22. The molecule has 18 heavy (non-hydrogen) atoms. The van der Waals surface area contributed by atoms with Crippen molar-refractivity contribution in [2.45, 2.75) is 0 Å². The second-order valence-corrected chi connectivity index (χ2v) is 3.24. The van der Waals surface area contributed by atoms with Crippen molar-refractivity contribution in [1.82, 2.24) is 19.9 Å². The Bertz CT molecular complexity index is 521. The van der Waals surface area contributed by atoms with Crippen LogP contribution >= 0.6 is 0 Å². The minimum absolute atomic E-state index is 0.234. The number of aromatic nitrogens is 4. The molecule has 2 rings (SSSR count). The quantitative estimate of drug-likeness (QED) is 0.594. The van der Waals surface area contributed by atoms with Crippen molar-refractivity contribution in [3.8, 4) is 23.8 Å². The summed E-state index contributed by atoms with van der Waals surface area (Å²) in [6.07, 6.45) is 2.81. The lowest BCUT2D eigenvalue weighted by atomic mass is 10.3. The second-order valence-electron chi connectivity index (χ2n) is 3.24. The van der Waals surface area contributed by atoms with Crippen LogP contribution in [0.3, 0.4) is 0 Å². The van der Waals surface area contributed by atoms with Crippen molar-refractivity contribution in [3.05, 3.63) is 23.5 Å². The van der Waals surface area contributed by atoms with Gasteiger partial charge in [0.05, 0.1) is 11.4 Å². The second kappa shape index (κ2) is 4.53. The van der Waals surface area contributed by atoms with E-state index in [4.69, 9.17) is 20.4 Å². The Morgan fingerprint density at radius 1 is 0.667 bits per heavy atom. The van der Waals surface area contributed by atoms with Gasteiger partial charge in [-0.2, -0.15) is 19.9 Å². The third-order valence-electron chi connectivity index (χ3n) is 1.87. The zero-order chi connectivity index (χ0) is 13.1. The first-order valence-electron chi connectivity index (χ1n) is 4.75. The zero-order valence-corrected chi connectivity index (χ0v) is 8.89. The van der Waals surface area contributed by atoms with Gasteiger partial charge in [-0.05, 0) is 12.2 Å². The van der Waals surface area contributed by atoms with Crippen LogP contribution in [0.25, 0.3) is 12.2 Å². The third-order valence-corrected chi connectivity index (χ3v) is 1.87. The first-order chi connectivity index (χ1) is 8.52. The fraction of sp³-hybridized carbons (Fsp3) is 0. The van der Waals surface area contributed by atoms with E-state index in [1.165, 1.54) is 24.3 Å². The molecule has 2 aromatic rings. The van der Waals surface area contributed by atoms with E-state index in [2.05, 4.69) is 19.9 Å². The Morgan fingerprint density at radius 2 is 1.06 bits per heavy atom. The van der Waals surface area contributed by atoms with Gasteiger partial charge in [-0.25, -0.2) is 0 Å². The smallest absolute Gasteiger partial charge is 0.317 e. The minimum atomic E-state index is -0.567. The molecule has 0 bridgehead atoms. The molecule has 0 atom stereocenters. The molecule has 0 radical (unpaired) electrons. The summed E-state index contributed by atoms with van der Waals surface area (Å²) >= 11 is 0. The molecule has 92 valence electrons. The molecule has 0 aromatic carbocycles. The monoisotopic (exact) mass is 248 g/mol. The van der Waals surface area contributed by atoms with Gasteiger partial charge in [-0.1, -0.05) is 0 Å². The molecule has 2 heterocycles. The van der Waals surface area contributed by atoms with Crippen molar-refractivity contribution in [1.29, 1.82) is 0 Å². The topological polar surface area (TPSA) is 132 Å². The number of aromatic hydroxyl groups is 4. The maximum Gasteiger partial charge on any atom is 0.317 e. The molecule has 0 saturated carbocycles. The van der Waals surface area contributed by atoms with Gasteiger partial charge in [-0.15, -0.1) is 0 Å². The maximum atomic E-state index is 9.13. The van der Waals surface area contributed by atoms with Crippen molar-refractivity contribution in [2.75, 3.05) is 0 Å². The predicted octanol–water partition coefficient (Wildman–Crippen LogP) is 0.259. The van der Waals surface area contributed by atoms with Crippen molar-refractivity contribution in [2.24, 2.45) is 0 Å². The summed E-state index contributed by atoms with van der Waals surface area (Å²) in [6, 6.07) is 1.31. The first kappa shape index (κ1) is 11.6. The summed E-state index contributed by atoms with van der Waals surface area (Å²) in [5.74, 6) is -0.758. The molecule has 0 fully saturated rings. The molecule has 0 spiro atoms.